The number of amides is 1. The number of rotatable bonds is 5. The number of nitrogens with one attached hydrogen (secondary N) is 2. The van der Waals surface area contributed by atoms with E-state index in [9.17, 15) is 13.2 Å². The van der Waals surface area contributed by atoms with E-state index in [-0.39, 0.29) is 18.0 Å². The second-order valence-corrected chi connectivity index (χ2v) is 9.12. The van der Waals surface area contributed by atoms with E-state index in [1.165, 1.54) is 5.56 Å². The molecule has 0 aromatic heterocycles. The SMILES string of the molecule is CCc1ccc2c(c1)C(Nc1ccc(NS(C)(=O)=O)cc1)CC(C)N2C(C)=O. The fourth-order valence-electron chi connectivity index (χ4n) is 3.80. The van der Waals surface area contributed by atoms with Crippen molar-refractivity contribution in [3.63, 3.8) is 0 Å². The first-order chi connectivity index (χ1) is 13.2. The molecule has 7 heteroatoms. The van der Waals surface area contributed by atoms with Gasteiger partial charge in [0.15, 0.2) is 0 Å². The van der Waals surface area contributed by atoms with Crippen molar-refractivity contribution in [2.75, 3.05) is 21.2 Å². The van der Waals surface area contributed by atoms with Gasteiger partial charge in [-0.15, -0.1) is 0 Å². The number of hydrogen-bond donors (Lipinski definition) is 2. The van der Waals surface area contributed by atoms with Crippen molar-refractivity contribution in [3.05, 3.63) is 53.6 Å². The molecule has 0 bridgehead atoms. The minimum atomic E-state index is -3.29. The molecule has 2 unspecified atom stereocenters. The molecule has 3 rings (SSSR count). The van der Waals surface area contributed by atoms with Crippen molar-refractivity contribution in [2.45, 2.75) is 45.7 Å². The van der Waals surface area contributed by atoms with E-state index < -0.39 is 10.0 Å². The van der Waals surface area contributed by atoms with Gasteiger partial charge >= 0.3 is 0 Å². The quantitative estimate of drug-likeness (QED) is 0.796. The van der Waals surface area contributed by atoms with Gasteiger partial charge in [0.1, 0.15) is 0 Å². The van der Waals surface area contributed by atoms with Gasteiger partial charge < -0.3 is 10.2 Å². The average Bonchev–Trinajstić information content (AvgIpc) is 2.61. The Bertz CT molecular complexity index is 971. The number of nitrogens with zero attached hydrogens (tertiary/aromatic N) is 1. The van der Waals surface area contributed by atoms with Gasteiger partial charge in [0.05, 0.1) is 12.3 Å². The number of benzene rings is 2. The lowest BCUT2D eigenvalue weighted by Crippen LogP contribution is -2.43. The monoisotopic (exact) mass is 401 g/mol. The number of fused-ring (bicyclic) bond motifs is 1. The highest BCUT2D eigenvalue weighted by molar-refractivity contribution is 7.92. The molecule has 0 fully saturated rings. The largest absolute Gasteiger partial charge is 0.378 e. The van der Waals surface area contributed by atoms with Crippen molar-refractivity contribution in [3.8, 4) is 0 Å². The molecule has 2 N–H and O–H groups in total. The normalized spacial score (nSPS) is 19.1. The van der Waals surface area contributed by atoms with Crippen LogP contribution in [0.15, 0.2) is 42.5 Å². The molecule has 6 nitrogen and oxygen atoms in total. The van der Waals surface area contributed by atoms with Crippen LogP contribution in [-0.4, -0.2) is 26.6 Å². The fourth-order valence-corrected chi connectivity index (χ4v) is 4.36. The van der Waals surface area contributed by atoms with Crippen LogP contribution in [0.25, 0.3) is 0 Å². The van der Waals surface area contributed by atoms with Crippen LogP contribution in [0.5, 0.6) is 0 Å². The van der Waals surface area contributed by atoms with Crippen LogP contribution in [0.3, 0.4) is 0 Å². The Morgan fingerprint density at radius 3 is 2.36 bits per heavy atom. The maximum atomic E-state index is 12.2. The molecule has 1 aliphatic heterocycles. The summed E-state index contributed by atoms with van der Waals surface area (Å²) in [7, 11) is -3.29. The first-order valence-corrected chi connectivity index (χ1v) is 11.3. The lowest BCUT2D eigenvalue weighted by molar-refractivity contribution is -0.117. The van der Waals surface area contributed by atoms with E-state index >= 15 is 0 Å². The van der Waals surface area contributed by atoms with Gasteiger partial charge in [0, 0.05) is 30.0 Å². The van der Waals surface area contributed by atoms with Gasteiger partial charge in [0.25, 0.3) is 0 Å². The van der Waals surface area contributed by atoms with Crippen molar-refractivity contribution in [1.82, 2.24) is 0 Å². The summed E-state index contributed by atoms with van der Waals surface area (Å²) >= 11 is 0. The summed E-state index contributed by atoms with van der Waals surface area (Å²) in [5.41, 5.74) is 4.74. The van der Waals surface area contributed by atoms with Crippen LogP contribution in [0.2, 0.25) is 0 Å². The molecule has 1 heterocycles. The average molecular weight is 402 g/mol. The van der Waals surface area contributed by atoms with E-state index in [1.54, 1.807) is 19.1 Å². The molecular weight excluding hydrogens is 374 g/mol. The fraction of sp³-hybridized carbons (Fsp3) is 0.381. The van der Waals surface area contributed by atoms with Gasteiger partial charge in [-0.3, -0.25) is 9.52 Å². The molecule has 0 saturated heterocycles. The third-order valence-electron chi connectivity index (χ3n) is 5.02. The maximum Gasteiger partial charge on any atom is 0.229 e. The van der Waals surface area contributed by atoms with Crippen LogP contribution >= 0.6 is 0 Å². The topological polar surface area (TPSA) is 78.5 Å². The Balaban J connectivity index is 1.90. The Morgan fingerprint density at radius 2 is 1.79 bits per heavy atom. The van der Waals surface area contributed by atoms with Crippen molar-refractivity contribution in [1.29, 1.82) is 0 Å². The Hall–Kier alpha value is -2.54. The van der Waals surface area contributed by atoms with Crippen molar-refractivity contribution in [2.24, 2.45) is 0 Å². The maximum absolute atomic E-state index is 12.2. The second-order valence-electron chi connectivity index (χ2n) is 7.37. The summed E-state index contributed by atoms with van der Waals surface area (Å²) in [5, 5.41) is 3.55. The summed E-state index contributed by atoms with van der Waals surface area (Å²) in [6.07, 6.45) is 2.86. The Kier molecular flexibility index (Phi) is 5.65. The van der Waals surface area contributed by atoms with Gasteiger partial charge in [-0.1, -0.05) is 19.1 Å². The predicted molar refractivity (Wildman–Crippen MR) is 114 cm³/mol. The minimum Gasteiger partial charge on any atom is -0.378 e. The predicted octanol–water partition coefficient (Wildman–Crippen LogP) is 3.92. The molecule has 1 aliphatic rings. The Labute approximate surface area is 167 Å². The zero-order chi connectivity index (χ0) is 20.5. The van der Waals surface area contributed by atoms with E-state index in [0.717, 1.165) is 36.0 Å². The third-order valence-corrected chi connectivity index (χ3v) is 5.63. The van der Waals surface area contributed by atoms with E-state index in [1.807, 2.05) is 23.1 Å². The van der Waals surface area contributed by atoms with Crippen LogP contribution in [0, 0.1) is 0 Å². The van der Waals surface area contributed by atoms with Crippen LogP contribution < -0.4 is 14.9 Å². The summed E-state index contributed by atoms with van der Waals surface area (Å²) in [4.78, 5) is 14.1. The molecule has 0 saturated carbocycles. The highest BCUT2D eigenvalue weighted by Crippen LogP contribution is 2.39. The molecular formula is C21H27N3O3S. The van der Waals surface area contributed by atoms with Gasteiger partial charge in [-0.25, -0.2) is 8.42 Å². The molecule has 2 aromatic rings. The van der Waals surface area contributed by atoms with E-state index in [0.29, 0.717) is 5.69 Å². The molecule has 0 radical (unpaired) electrons. The number of carbonyl (C=O) groups is 1. The summed E-state index contributed by atoms with van der Waals surface area (Å²) in [5.74, 6) is 0.0488. The number of aryl methyl sites for hydroxylation is 1. The molecule has 0 spiro atoms. The van der Waals surface area contributed by atoms with Gasteiger partial charge in [-0.05, 0) is 61.2 Å². The van der Waals surface area contributed by atoms with Crippen molar-refractivity contribution >= 4 is 33.0 Å². The molecule has 28 heavy (non-hydrogen) atoms. The minimum absolute atomic E-state index is 0.0488. The molecule has 1 amide bonds. The summed E-state index contributed by atoms with van der Waals surface area (Å²) < 4.78 is 25.2. The smallest absolute Gasteiger partial charge is 0.229 e. The zero-order valence-electron chi connectivity index (χ0n) is 16.7. The molecule has 2 atom stereocenters. The lowest BCUT2D eigenvalue weighted by Gasteiger charge is -2.39. The van der Waals surface area contributed by atoms with E-state index in [4.69, 9.17) is 0 Å². The third kappa shape index (κ3) is 4.47. The van der Waals surface area contributed by atoms with Crippen molar-refractivity contribution < 1.29 is 13.2 Å². The first kappa shape index (κ1) is 20.2. The number of hydrogen-bond acceptors (Lipinski definition) is 4. The first-order valence-electron chi connectivity index (χ1n) is 9.45. The highest BCUT2D eigenvalue weighted by atomic mass is 32.2. The van der Waals surface area contributed by atoms with Crippen LogP contribution in [0.4, 0.5) is 17.1 Å². The van der Waals surface area contributed by atoms with Gasteiger partial charge in [0.2, 0.25) is 15.9 Å². The second kappa shape index (κ2) is 7.83. The van der Waals surface area contributed by atoms with Crippen LogP contribution in [-0.2, 0) is 21.2 Å². The standard InChI is InChI=1S/C21H27N3O3S/c1-5-16-6-11-21-19(13-16)20(12-14(2)24(21)15(3)25)22-17-7-9-18(10-8-17)23-28(4,26)27/h6-11,13-14,20,22-23H,5,12H2,1-4H3. The zero-order valence-corrected chi connectivity index (χ0v) is 17.5. The van der Waals surface area contributed by atoms with Crippen LogP contribution in [0.1, 0.15) is 44.4 Å². The molecule has 2 aromatic carbocycles. The number of carbonyl (C=O) groups excluding carboxylic acids is 1. The number of sulfonamides is 1. The highest BCUT2D eigenvalue weighted by Gasteiger charge is 2.32. The molecule has 0 aliphatic carbocycles. The van der Waals surface area contributed by atoms with Gasteiger partial charge in [-0.2, -0.15) is 0 Å². The Morgan fingerprint density at radius 1 is 1.14 bits per heavy atom. The molecule has 150 valence electrons. The number of anilines is 3. The van der Waals surface area contributed by atoms with E-state index in [2.05, 4.69) is 36.0 Å². The summed E-state index contributed by atoms with van der Waals surface area (Å²) in [6, 6.07) is 13.6. The lowest BCUT2D eigenvalue weighted by atomic mass is 9.89. The summed E-state index contributed by atoms with van der Waals surface area (Å²) in [6.45, 7) is 5.78.